The number of ether oxygens (including phenoxy) is 1. The number of nitriles is 1. The smallest absolute Gasteiger partial charge is 0.144 e. The molecule has 0 bridgehead atoms. The molecular formula is C29H25F3N2O. The average Bonchev–Trinajstić information content (AvgIpc) is 2.86. The molecule has 0 aliphatic carbocycles. The van der Waals surface area contributed by atoms with Gasteiger partial charge in [0.25, 0.3) is 0 Å². The van der Waals surface area contributed by atoms with Gasteiger partial charge in [-0.15, -0.1) is 0 Å². The van der Waals surface area contributed by atoms with E-state index in [9.17, 15) is 8.78 Å². The van der Waals surface area contributed by atoms with Crippen LogP contribution in [0.2, 0.25) is 0 Å². The largest absolute Gasteiger partial charge is 0.384 e. The van der Waals surface area contributed by atoms with Crippen molar-refractivity contribution in [3.05, 3.63) is 112 Å². The molecule has 1 heterocycles. The van der Waals surface area contributed by atoms with Gasteiger partial charge in [0, 0.05) is 24.4 Å². The fourth-order valence-electron chi connectivity index (χ4n) is 4.13. The number of fused-ring (bicyclic) bond motifs is 1. The Hall–Kier alpha value is -3.69. The van der Waals surface area contributed by atoms with Crippen LogP contribution in [0.15, 0.2) is 60.8 Å². The van der Waals surface area contributed by atoms with Crippen molar-refractivity contribution < 1.29 is 17.9 Å². The Bertz CT molecular complexity index is 1350. The molecule has 0 atom stereocenters. The second-order valence-electron chi connectivity index (χ2n) is 8.54. The Kier molecular flexibility index (Phi) is 7.79. The minimum atomic E-state index is -0.897. The van der Waals surface area contributed by atoms with Crippen LogP contribution in [0.1, 0.15) is 33.5 Å². The number of hydrogen-bond donors (Lipinski definition) is 0. The zero-order valence-corrected chi connectivity index (χ0v) is 19.5. The van der Waals surface area contributed by atoms with E-state index in [2.05, 4.69) is 11.1 Å². The Labute approximate surface area is 202 Å². The molecule has 3 aromatic carbocycles. The van der Waals surface area contributed by atoms with Crippen LogP contribution >= 0.6 is 0 Å². The van der Waals surface area contributed by atoms with Crippen molar-refractivity contribution in [2.75, 3.05) is 13.7 Å². The van der Waals surface area contributed by atoms with Crippen LogP contribution in [-0.2, 0) is 36.8 Å². The molecule has 0 fully saturated rings. The molecule has 0 radical (unpaired) electrons. The first-order chi connectivity index (χ1) is 17.0. The summed E-state index contributed by atoms with van der Waals surface area (Å²) in [6, 6.07) is 17.2. The lowest BCUT2D eigenvalue weighted by Crippen LogP contribution is -2.00. The lowest BCUT2D eigenvalue weighted by atomic mass is 9.97. The van der Waals surface area contributed by atoms with E-state index >= 15 is 4.39 Å². The average molecular weight is 475 g/mol. The summed E-state index contributed by atoms with van der Waals surface area (Å²) in [4.78, 5) is 4.52. The molecular weight excluding hydrogens is 449 g/mol. The van der Waals surface area contributed by atoms with Gasteiger partial charge in [-0.2, -0.15) is 5.26 Å². The maximum atomic E-state index is 15.1. The van der Waals surface area contributed by atoms with Crippen molar-refractivity contribution in [1.29, 1.82) is 5.26 Å². The fourth-order valence-corrected chi connectivity index (χ4v) is 4.13. The molecule has 6 heteroatoms. The summed E-state index contributed by atoms with van der Waals surface area (Å²) >= 11 is 0. The second kappa shape index (κ2) is 11.2. The number of halogens is 3. The zero-order chi connectivity index (χ0) is 24.8. The Morgan fingerprint density at radius 1 is 0.800 bits per heavy atom. The topological polar surface area (TPSA) is 45.9 Å². The van der Waals surface area contributed by atoms with Gasteiger partial charge < -0.3 is 4.74 Å². The normalized spacial score (nSPS) is 11.1. The number of aryl methyl sites for hydroxylation is 4. The van der Waals surface area contributed by atoms with Crippen LogP contribution in [0.3, 0.4) is 0 Å². The third kappa shape index (κ3) is 5.87. The Morgan fingerprint density at radius 3 is 2.23 bits per heavy atom. The molecule has 0 aliphatic rings. The first-order valence-corrected chi connectivity index (χ1v) is 11.5. The number of methoxy groups -OCH3 is 1. The van der Waals surface area contributed by atoms with Crippen molar-refractivity contribution in [3.63, 3.8) is 0 Å². The van der Waals surface area contributed by atoms with Crippen LogP contribution in [0.4, 0.5) is 13.2 Å². The first kappa shape index (κ1) is 24.4. The second-order valence-corrected chi connectivity index (χ2v) is 8.54. The number of hydrogen-bond acceptors (Lipinski definition) is 3. The molecule has 0 N–H and O–H groups in total. The van der Waals surface area contributed by atoms with Crippen LogP contribution in [0.25, 0.3) is 10.8 Å². The molecule has 178 valence electrons. The van der Waals surface area contributed by atoms with Crippen molar-refractivity contribution in [2.45, 2.75) is 32.1 Å². The van der Waals surface area contributed by atoms with E-state index in [1.165, 1.54) is 6.07 Å². The standard InChI is InChI=1S/C29H25F3N2O/c1-35-13-12-20-4-10-24(34-18-20)9-3-19-5-11-25-23(14-19)8-7-22(29(25)32)6-2-21-15-27(30)26(17-33)28(31)16-21/h4-5,7-8,10-11,14-16,18H,2-3,6,9,12-13H2,1H3. The summed E-state index contributed by atoms with van der Waals surface area (Å²) in [7, 11) is 1.68. The van der Waals surface area contributed by atoms with E-state index in [1.807, 2.05) is 30.5 Å². The molecule has 1 aromatic heterocycles. The molecule has 0 unspecified atom stereocenters. The Balaban J connectivity index is 1.42. The lowest BCUT2D eigenvalue weighted by molar-refractivity contribution is 0.202. The van der Waals surface area contributed by atoms with Crippen molar-refractivity contribution >= 4 is 10.8 Å². The highest BCUT2D eigenvalue weighted by molar-refractivity contribution is 5.84. The number of pyridine rings is 1. The van der Waals surface area contributed by atoms with E-state index in [4.69, 9.17) is 10.00 Å². The highest BCUT2D eigenvalue weighted by atomic mass is 19.1. The van der Waals surface area contributed by atoms with Crippen LogP contribution < -0.4 is 0 Å². The van der Waals surface area contributed by atoms with E-state index in [0.29, 0.717) is 29.5 Å². The first-order valence-electron chi connectivity index (χ1n) is 11.5. The van der Waals surface area contributed by atoms with Gasteiger partial charge in [-0.3, -0.25) is 4.98 Å². The van der Waals surface area contributed by atoms with Crippen molar-refractivity contribution in [2.24, 2.45) is 0 Å². The predicted octanol–water partition coefficient (Wildman–Crippen LogP) is 6.28. The highest BCUT2D eigenvalue weighted by Crippen LogP contribution is 2.25. The predicted molar refractivity (Wildman–Crippen MR) is 130 cm³/mol. The van der Waals surface area contributed by atoms with Gasteiger partial charge in [-0.1, -0.05) is 36.4 Å². The molecule has 4 aromatic rings. The summed E-state index contributed by atoms with van der Waals surface area (Å²) in [5, 5.41) is 10.1. The number of nitrogens with zero attached hydrogens (tertiary/aromatic N) is 2. The van der Waals surface area contributed by atoms with Gasteiger partial charge in [0.2, 0.25) is 0 Å². The number of aromatic nitrogens is 1. The van der Waals surface area contributed by atoms with Crippen molar-refractivity contribution in [1.82, 2.24) is 4.98 Å². The minimum Gasteiger partial charge on any atom is -0.384 e. The SMILES string of the molecule is COCCc1ccc(CCc2ccc3c(F)c(CCc4cc(F)c(C#N)c(F)c4)ccc3c2)nc1. The molecule has 0 amide bonds. The zero-order valence-electron chi connectivity index (χ0n) is 19.5. The molecule has 3 nitrogen and oxygen atoms in total. The molecule has 0 aliphatic heterocycles. The third-order valence-electron chi connectivity index (χ3n) is 6.15. The van der Waals surface area contributed by atoms with E-state index in [-0.39, 0.29) is 12.2 Å². The van der Waals surface area contributed by atoms with Gasteiger partial charge in [0.05, 0.1) is 6.61 Å². The fraction of sp³-hybridized carbons (Fsp3) is 0.241. The van der Waals surface area contributed by atoms with Gasteiger partial charge in [-0.05, 0) is 77.9 Å². The number of rotatable bonds is 9. The van der Waals surface area contributed by atoms with E-state index < -0.39 is 17.2 Å². The maximum absolute atomic E-state index is 15.1. The van der Waals surface area contributed by atoms with Crippen LogP contribution in [0, 0.1) is 28.8 Å². The summed E-state index contributed by atoms with van der Waals surface area (Å²) in [6.45, 7) is 0.670. The molecule has 4 rings (SSSR count). The van der Waals surface area contributed by atoms with Gasteiger partial charge in [-0.25, -0.2) is 13.2 Å². The summed E-state index contributed by atoms with van der Waals surface area (Å²) in [6.07, 6.45) is 4.85. The highest BCUT2D eigenvalue weighted by Gasteiger charge is 2.13. The summed E-state index contributed by atoms with van der Waals surface area (Å²) in [5.41, 5.74) is 3.50. The van der Waals surface area contributed by atoms with Gasteiger partial charge in [0.1, 0.15) is 29.1 Å². The summed E-state index contributed by atoms with van der Waals surface area (Å²) < 4.78 is 47.9. The maximum Gasteiger partial charge on any atom is 0.144 e. The molecule has 0 saturated heterocycles. The van der Waals surface area contributed by atoms with Gasteiger partial charge >= 0.3 is 0 Å². The molecule has 35 heavy (non-hydrogen) atoms. The number of benzene rings is 3. The van der Waals surface area contributed by atoms with Crippen molar-refractivity contribution in [3.8, 4) is 6.07 Å². The van der Waals surface area contributed by atoms with E-state index in [0.717, 1.165) is 53.6 Å². The van der Waals surface area contributed by atoms with Crippen LogP contribution in [0.5, 0.6) is 0 Å². The monoisotopic (exact) mass is 474 g/mol. The lowest BCUT2D eigenvalue weighted by Gasteiger charge is -2.10. The Morgan fingerprint density at radius 2 is 1.54 bits per heavy atom. The van der Waals surface area contributed by atoms with Gasteiger partial charge in [0.15, 0.2) is 0 Å². The van der Waals surface area contributed by atoms with E-state index in [1.54, 1.807) is 19.2 Å². The molecule has 0 spiro atoms. The minimum absolute atomic E-state index is 0.261. The van der Waals surface area contributed by atoms with Crippen LogP contribution in [-0.4, -0.2) is 18.7 Å². The quantitative estimate of drug-likeness (QED) is 0.287. The third-order valence-corrected chi connectivity index (χ3v) is 6.15. The molecule has 0 saturated carbocycles. The summed E-state index contributed by atoms with van der Waals surface area (Å²) in [5.74, 6) is -2.12.